The predicted octanol–water partition coefficient (Wildman–Crippen LogP) is 2.65. The lowest BCUT2D eigenvalue weighted by molar-refractivity contribution is 0.0696. The number of hydrogen-bond donors (Lipinski definition) is 3. The van der Waals surface area contributed by atoms with Crippen LogP contribution in [0.2, 0.25) is 0 Å². The maximum Gasteiger partial charge on any atom is 0.335 e. The first-order valence-electron chi connectivity index (χ1n) is 8.82. The molecular formula is C21H18N4O5. The molecule has 9 nitrogen and oxygen atoms in total. The zero-order chi connectivity index (χ0) is 21.8. The summed E-state index contributed by atoms with van der Waals surface area (Å²) in [5.41, 5.74) is 5.12. The summed E-state index contributed by atoms with van der Waals surface area (Å²) in [4.78, 5) is 38.7. The quantitative estimate of drug-likeness (QED) is 0.426. The summed E-state index contributed by atoms with van der Waals surface area (Å²) < 4.78 is 1.73. The molecule has 0 saturated heterocycles. The molecule has 0 bridgehead atoms. The monoisotopic (exact) mass is 406 g/mol. The van der Waals surface area contributed by atoms with Crippen LogP contribution in [0.5, 0.6) is 0 Å². The van der Waals surface area contributed by atoms with Gasteiger partial charge in [-0.25, -0.2) is 15.0 Å². The number of amides is 1. The maximum absolute atomic E-state index is 12.0. The molecule has 3 rings (SSSR count). The third kappa shape index (κ3) is 4.25. The number of pyridine rings is 1. The molecule has 3 N–H and O–H groups in total. The summed E-state index contributed by atoms with van der Waals surface area (Å²) in [5.74, 6) is -2.83. The highest BCUT2D eigenvalue weighted by Crippen LogP contribution is 2.22. The van der Waals surface area contributed by atoms with Crippen LogP contribution >= 0.6 is 0 Å². The van der Waals surface area contributed by atoms with E-state index in [0.717, 1.165) is 11.8 Å². The number of rotatable bonds is 6. The van der Waals surface area contributed by atoms with Crippen molar-refractivity contribution in [3.05, 3.63) is 82.4 Å². The summed E-state index contributed by atoms with van der Waals surface area (Å²) in [5, 5.41) is 22.6. The summed E-state index contributed by atoms with van der Waals surface area (Å²) >= 11 is 0. The highest BCUT2D eigenvalue weighted by molar-refractivity contribution is 5.95. The number of aromatic nitrogens is 2. The van der Waals surface area contributed by atoms with Crippen LogP contribution in [-0.4, -0.2) is 43.8 Å². The predicted molar refractivity (Wildman–Crippen MR) is 108 cm³/mol. The van der Waals surface area contributed by atoms with E-state index in [1.54, 1.807) is 36.6 Å². The number of carboxylic acid groups (broad SMARTS) is 2. The Balaban J connectivity index is 1.92. The lowest BCUT2D eigenvalue weighted by Crippen LogP contribution is -2.17. The molecule has 152 valence electrons. The van der Waals surface area contributed by atoms with Gasteiger partial charge in [0.25, 0.3) is 5.91 Å². The topological polar surface area (TPSA) is 134 Å². The second kappa shape index (κ2) is 8.39. The fourth-order valence-corrected chi connectivity index (χ4v) is 3.03. The second-order valence-corrected chi connectivity index (χ2v) is 6.48. The molecule has 0 unspecified atom stereocenters. The Kier molecular flexibility index (Phi) is 5.73. The summed E-state index contributed by atoms with van der Waals surface area (Å²) in [6.45, 7) is 3.58. The van der Waals surface area contributed by atoms with Crippen LogP contribution in [0.4, 0.5) is 0 Å². The molecule has 1 aromatic carbocycles. The average molecular weight is 406 g/mol. The highest BCUT2D eigenvalue weighted by atomic mass is 16.4. The molecule has 30 heavy (non-hydrogen) atoms. The number of nitrogens with one attached hydrogen (secondary N) is 1. The number of carbonyl (C=O) groups is 3. The van der Waals surface area contributed by atoms with Crippen molar-refractivity contribution in [3.63, 3.8) is 0 Å². The fourth-order valence-electron chi connectivity index (χ4n) is 3.03. The van der Waals surface area contributed by atoms with Crippen LogP contribution in [0, 0.1) is 13.8 Å². The van der Waals surface area contributed by atoms with Gasteiger partial charge < -0.3 is 14.8 Å². The van der Waals surface area contributed by atoms with E-state index in [9.17, 15) is 24.6 Å². The number of aromatic carboxylic acids is 2. The largest absolute Gasteiger partial charge is 0.478 e. The number of hydrogen-bond acceptors (Lipinski definition) is 5. The standard InChI is InChI=1S/C21H18N4O5/c1-12-7-17(11-23-24-19(26)14-3-5-22-6-4-14)13(2)25(12)18-9-15(20(27)28)8-16(10-18)21(29)30/h3-11H,1-2H3,(H,24,26)(H,27,28)(H,29,30)/b23-11-. The first kappa shape index (κ1) is 20.5. The lowest BCUT2D eigenvalue weighted by atomic mass is 10.1. The Morgan fingerprint density at radius 3 is 2.13 bits per heavy atom. The van der Waals surface area contributed by atoms with E-state index in [1.807, 2.05) is 0 Å². The SMILES string of the molecule is Cc1cc(/C=N\NC(=O)c2ccncc2)c(C)n1-c1cc(C(=O)O)cc(C(=O)O)c1. The number of nitrogens with zero attached hydrogens (tertiary/aromatic N) is 3. The molecule has 0 fully saturated rings. The Bertz CT molecular complexity index is 1130. The van der Waals surface area contributed by atoms with Gasteiger partial charge in [-0.05, 0) is 50.2 Å². The molecule has 0 saturated carbocycles. The molecule has 0 aliphatic carbocycles. The van der Waals surface area contributed by atoms with E-state index >= 15 is 0 Å². The normalized spacial score (nSPS) is 10.9. The van der Waals surface area contributed by atoms with Gasteiger partial charge in [-0.15, -0.1) is 0 Å². The van der Waals surface area contributed by atoms with Crippen LogP contribution in [0.1, 0.15) is 48.0 Å². The van der Waals surface area contributed by atoms with Crippen molar-refractivity contribution in [1.82, 2.24) is 15.0 Å². The molecule has 0 radical (unpaired) electrons. The molecule has 9 heteroatoms. The molecule has 0 aliphatic rings. The van der Waals surface area contributed by atoms with E-state index in [1.165, 1.54) is 30.7 Å². The molecule has 2 aromatic heterocycles. The minimum Gasteiger partial charge on any atom is -0.478 e. The molecular weight excluding hydrogens is 388 g/mol. The number of benzene rings is 1. The van der Waals surface area contributed by atoms with Gasteiger partial charge in [0.2, 0.25) is 0 Å². The van der Waals surface area contributed by atoms with Crippen molar-refractivity contribution in [2.24, 2.45) is 5.10 Å². The number of carbonyl (C=O) groups excluding carboxylic acids is 1. The average Bonchev–Trinajstić information content (AvgIpc) is 3.01. The second-order valence-electron chi connectivity index (χ2n) is 6.48. The number of hydrazone groups is 1. The smallest absolute Gasteiger partial charge is 0.335 e. The van der Waals surface area contributed by atoms with Crippen molar-refractivity contribution in [2.75, 3.05) is 0 Å². The van der Waals surface area contributed by atoms with Crippen LogP contribution in [0.25, 0.3) is 5.69 Å². The molecule has 3 aromatic rings. The molecule has 1 amide bonds. The Morgan fingerprint density at radius 1 is 0.967 bits per heavy atom. The van der Waals surface area contributed by atoms with E-state index in [-0.39, 0.29) is 17.0 Å². The highest BCUT2D eigenvalue weighted by Gasteiger charge is 2.16. The zero-order valence-corrected chi connectivity index (χ0v) is 16.2. The third-order valence-corrected chi connectivity index (χ3v) is 4.45. The first-order chi connectivity index (χ1) is 14.3. The van der Waals surface area contributed by atoms with Gasteiger partial charge in [0.15, 0.2) is 0 Å². The van der Waals surface area contributed by atoms with Crippen molar-refractivity contribution < 1.29 is 24.6 Å². The van der Waals surface area contributed by atoms with E-state index in [0.29, 0.717) is 22.5 Å². The minimum absolute atomic E-state index is 0.128. The van der Waals surface area contributed by atoms with Gasteiger partial charge in [0.05, 0.1) is 17.3 Å². The van der Waals surface area contributed by atoms with Gasteiger partial charge in [-0.2, -0.15) is 5.10 Å². The van der Waals surface area contributed by atoms with Crippen molar-refractivity contribution in [3.8, 4) is 5.69 Å². The van der Waals surface area contributed by atoms with Gasteiger partial charge in [-0.3, -0.25) is 9.78 Å². The first-order valence-corrected chi connectivity index (χ1v) is 8.82. The van der Waals surface area contributed by atoms with Crippen molar-refractivity contribution in [2.45, 2.75) is 13.8 Å². The van der Waals surface area contributed by atoms with Crippen molar-refractivity contribution in [1.29, 1.82) is 0 Å². The van der Waals surface area contributed by atoms with Gasteiger partial charge in [-0.1, -0.05) is 0 Å². The van der Waals surface area contributed by atoms with E-state index in [4.69, 9.17) is 0 Å². The number of carboxylic acids is 2. The van der Waals surface area contributed by atoms with E-state index in [2.05, 4.69) is 15.5 Å². The molecule has 2 heterocycles. The van der Waals surface area contributed by atoms with Crippen LogP contribution in [-0.2, 0) is 0 Å². The van der Waals surface area contributed by atoms with Gasteiger partial charge in [0.1, 0.15) is 0 Å². The lowest BCUT2D eigenvalue weighted by Gasteiger charge is -2.12. The third-order valence-electron chi connectivity index (χ3n) is 4.45. The van der Waals surface area contributed by atoms with E-state index < -0.39 is 11.9 Å². The van der Waals surface area contributed by atoms with Crippen molar-refractivity contribution >= 4 is 24.1 Å². The summed E-state index contributed by atoms with van der Waals surface area (Å²) in [6.07, 6.45) is 4.48. The summed E-state index contributed by atoms with van der Waals surface area (Å²) in [7, 11) is 0. The zero-order valence-electron chi connectivity index (χ0n) is 16.2. The Labute approximate surface area is 171 Å². The molecule has 0 aliphatic heterocycles. The minimum atomic E-state index is -1.22. The Morgan fingerprint density at radius 2 is 1.57 bits per heavy atom. The van der Waals surface area contributed by atoms with Crippen LogP contribution in [0.3, 0.4) is 0 Å². The Hall–Kier alpha value is -4.27. The van der Waals surface area contributed by atoms with Crippen LogP contribution in [0.15, 0.2) is 53.9 Å². The number of aryl methyl sites for hydroxylation is 1. The summed E-state index contributed by atoms with van der Waals surface area (Å²) in [6, 6.07) is 8.84. The molecule has 0 spiro atoms. The van der Waals surface area contributed by atoms with Gasteiger partial charge in [0, 0.05) is 40.6 Å². The van der Waals surface area contributed by atoms with Gasteiger partial charge >= 0.3 is 11.9 Å². The maximum atomic E-state index is 12.0. The molecule has 0 atom stereocenters. The fraction of sp³-hybridized carbons (Fsp3) is 0.0952. The van der Waals surface area contributed by atoms with Crippen LogP contribution < -0.4 is 5.43 Å².